The van der Waals surface area contributed by atoms with Crippen LogP contribution in [0.25, 0.3) is 0 Å². The molecule has 0 atom stereocenters. The molecule has 1 aliphatic carbocycles. The van der Waals surface area contributed by atoms with E-state index in [9.17, 15) is 5.11 Å². The van der Waals surface area contributed by atoms with Gasteiger partial charge in [-0.05, 0) is 19.3 Å². The van der Waals surface area contributed by atoms with Gasteiger partial charge in [-0.25, -0.2) is 4.98 Å². The molecular formula is C12H20N2OS. The number of thiazole rings is 1. The molecule has 1 aliphatic rings. The lowest BCUT2D eigenvalue weighted by molar-refractivity contribution is 0.0875. The summed E-state index contributed by atoms with van der Waals surface area (Å²) in [7, 11) is 0. The topological polar surface area (TPSA) is 45.2 Å². The van der Waals surface area contributed by atoms with Crippen molar-refractivity contribution in [2.45, 2.75) is 51.1 Å². The molecular weight excluding hydrogens is 220 g/mol. The number of nitrogens with zero attached hydrogens (tertiary/aromatic N) is 1. The first-order valence-corrected chi connectivity index (χ1v) is 6.77. The van der Waals surface area contributed by atoms with E-state index in [1.807, 2.05) is 6.20 Å². The highest BCUT2D eigenvalue weighted by Crippen LogP contribution is 2.32. The Labute approximate surface area is 101 Å². The van der Waals surface area contributed by atoms with Crippen LogP contribution in [0.1, 0.15) is 48.9 Å². The summed E-state index contributed by atoms with van der Waals surface area (Å²) in [6.45, 7) is 5.42. The molecule has 0 radical (unpaired) electrons. The maximum Gasteiger partial charge on any atom is 0.0953 e. The Hall–Kier alpha value is -0.450. The monoisotopic (exact) mass is 240 g/mol. The van der Waals surface area contributed by atoms with Gasteiger partial charge in [-0.2, -0.15) is 0 Å². The van der Waals surface area contributed by atoms with E-state index in [0.717, 1.165) is 19.4 Å². The van der Waals surface area contributed by atoms with Gasteiger partial charge in [0.05, 0.1) is 11.6 Å². The van der Waals surface area contributed by atoms with Gasteiger partial charge in [0.1, 0.15) is 0 Å². The first-order valence-electron chi connectivity index (χ1n) is 5.96. The van der Waals surface area contributed by atoms with Crippen LogP contribution in [0, 0.1) is 0 Å². The second-order valence-electron chi connectivity index (χ2n) is 4.97. The first kappa shape index (κ1) is 12.0. The van der Waals surface area contributed by atoms with E-state index < -0.39 is 0 Å². The summed E-state index contributed by atoms with van der Waals surface area (Å²) in [5, 5.41) is 14.0. The zero-order valence-electron chi connectivity index (χ0n) is 9.99. The molecule has 90 valence electrons. The minimum atomic E-state index is 0.00197. The smallest absolute Gasteiger partial charge is 0.0953 e. The fourth-order valence-corrected chi connectivity index (χ4v) is 2.80. The zero-order valence-corrected chi connectivity index (χ0v) is 10.8. The van der Waals surface area contributed by atoms with Gasteiger partial charge < -0.3 is 10.4 Å². The Morgan fingerprint density at radius 3 is 2.75 bits per heavy atom. The van der Waals surface area contributed by atoms with Crippen LogP contribution in [0.5, 0.6) is 0 Å². The molecule has 2 rings (SSSR count). The minimum Gasteiger partial charge on any atom is -0.394 e. The molecule has 1 fully saturated rings. The summed E-state index contributed by atoms with van der Waals surface area (Å²) in [6.07, 6.45) is 5.38. The van der Waals surface area contributed by atoms with Crippen molar-refractivity contribution in [2.24, 2.45) is 0 Å². The lowest BCUT2D eigenvalue weighted by atomic mass is 9.77. The lowest BCUT2D eigenvalue weighted by Gasteiger charge is -2.41. The highest BCUT2D eigenvalue weighted by atomic mass is 32.1. The van der Waals surface area contributed by atoms with Crippen molar-refractivity contribution in [1.82, 2.24) is 10.3 Å². The third kappa shape index (κ3) is 2.44. The quantitative estimate of drug-likeness (QED) is 0.830. The van der Waals surface area contributed by atoms with Gasteiger partial charge >= 0.3 is 0 Å². The molecule has 0 bridgehead atoms. The van der Waals surface area contributed by atoms with Crippen LogP contribution in [0.4, 0.5) is 0 Å². The van der Waals surface area contributed by atoms with E-state index in [2.05, 4.69) is 24.1 Å². The summed E-state index contributed by atoms with van der Waals surface area (Å²) in [5.74, 6) is 0.509. The minimum absolute atomic E-state index is 0.00197. The normalized spacial score (nSPS) is 18.8. The number of nitrogens with one attached hydrogen (secondary N) is 1. The second-order valence-corrected chi connectivity index (χ2v) is 6.11. The molecule has 0 aliphatic heterocycles. The van der Waals surface area contributed by atoms with Gasteiger partial charge in [0.2, 0.25) is 0 Å². The van der Waals surface area contributed by atoms with E-state index in [1.165, 1.54) is 16.3 Å². The summed E-state index contributed by atoms with van der Waals surface area (Å²) < 4.78 is 0. The number of hydrogen-bond acceptors (Lipinski definition) is 4. The average molecular weight is 240 g/mol. The fourth-order valence-electron chi connectivity index (χ4n) is 1.94. The third-order valence-corrected chi connectivity index (χ3v) is 4.61. The number of hydrogen-bond donors (Lipinski definition) is 2. The summed E-state index contributed by atoms with van der Waals surface area (Å²) in [4.78, 5) is 5.67. The SMILES string of the molecule is CC(C)c1ncc(CNC2(CO)CCC2)s1. The van der Waals surface area contributed by atoms with Crippen molar-refractivity contribution in [1.29, 1.82) is 0 Å². The van der Waals surface area contributed by atoms with Crippen LogP contribution in [-0.4, -0.2) is 22.2 Å². The van der Waals surface area contributed by atoms with Crippen molar-refractivity contribution < 1.29 is 5.11 Å². The molecule has 0 spiro atoms. The predicted molar refractivity (Wildman–Crippen MR) is 66.7 cm³/mol. The maximum absolute atomic E-state index is 9.33. The Bertz CT molecular complexity index is 339. The van der Waals surface area contributed by atoms with Crippen LogP contribution >= 0.6 is 11.3 Å². The maximum atomic E-state index is 9.33. The second kappa shape index (κ2) is 4.82. The van der Waals surface area contributed by atoms with Gasteiger partial charge in [-0.15, -0.1) is 11.3 Å². The van der Waals surface area contributed by atoms with Crippen LogP contribution in [0.3, 0.4) is 0 Å². The van der Waals surface area contributed by atoms with Gasteiger partial charge in [0.15, 0.2) is 0 Å². The lowest BCUT2D eigenvalue weighted by Crippen LogP contribution is -2.53. The van der Waals surface area contributed by atoms with Crippen molar-refractivity contribution in [2.75, 3.05) is 6.61 Å². The molecule has 16 heavy (non-hydrogen) atoms. The van der Waals surface area contributed by atoms with Gasteiger partial charge in [0, 0.05) is 29.1 Å². The van der Waals surface area contributed by atoms with E-state index in [-0.39, 0.29) is 12.1 Å². The number of aromatic nitrogens is 1. The molecule has 0 aromatic carbocycles. The molecule has 0 saturated heterocycles. The molecule has 0 amide bonds. The average Bonchev–Trinajstić information content (AvgIpc) is 2.65. The largest absolute Gasteiger partial charge is 0.394 e. The van der Waals surface area contributed by atoms with Gasteiger partial charge in [-0.3, -0.25) is 0 Å². The fraction of sp³-hybridized carbons (Fsp3) is 0.750. The van der Waals surface area contributed by atoms with Gasteiger partial charge in [-0.1, -0.05) is 13.8 Å². The first-order chi connectivity index (χ1) is 7.65. The molecule has 2 N–H and O–H groups in total. The Morgan fingerprint density at radius 2 is 2.31 bits per heavy atom. The Balaban J connectivity index is 1.89. The molecule has 4 heteroatoms. The molecule has 1 saturated carbocycles. The van der Waals surface area contributed by atoms with Crippen molar-refractivity contribution in [3.05, 3.63) is 16.1 Å². The highest BCUT2D eigenvalue weighted by molar-refractivity contribution is 7.11. The number of aliphatic hydroxyl groups is 1. The highest BCUT2D eigenvalue weighted by Gasteiger charge is 2.35. The van der Waals surface area contributed by atoms with Gasteiger partial charge in [0.25, 0.3) is 0 Å². The Kier molecular flexibility index (Phi) is 3.62. The van der Waals surface area contributed by atoms with Crippen molar-refractivity contribution >= 4 is 11.3 Å². The van der Waals surface area contributed by atoms with E-state index in [0.29, 0.717) is 5.92 Å². The number of rotatable bonds is 5. The van der Waals surface area contributed by atoms with Crippen LogP contribution in [0.2, 0.25) is 0 Å². The molecule has 1 aromatic heterocycles. The third-order valence-electron chi connectivity index (χ3n) is 3.32. The van der Waals surface area contributed by atoms with E-state index in [1.54, 1.807) is 11.3 Å². The standard InChI is InChI=1S/C12H20N2OS/c1-9(2)11-13-6-10(16-11)7-14-12(8-15)4-3-5-12/h6,9,14-15H,3-5,7-8H2,1-2H3. The van der Waals surface area contributed by atoms with Crippen molar-refractivity contribution in [3.63, 3.8) is 0 Å². The molecule has 1 aromatic rings. The molecule has 1 heterocycles. The summed E-state index contributed by atoms with van der Waals surface area (Å²) in [6, 6.07) is 0. The Morgan fingerprint density at radius 1 is 1.56 bits per heavy atom. The van der Waals surface area contributed by atoms with Crippen LogP contribution in [0.15, 0.2) is 6.20 Å². The van der Waals surface area contributed by atoms with Crippen LogP contribution in [-0.2, 0) is 6.54 Å². The molecule has 3 nitrogen and oxygen atoms in total. The van der Waals surface area contributed by atoms with E-state index >= 15 is 0 Å². The summed E-state index contributed by atoms with van der Waals surface area (Å²) >= 11 is 1.77. The number of aliphatic hydroxyl groups excluding tert-OH is 1. The van der Waals surface area contributed by atoms with E-state index in [4.69, 9.17) is 0 Å². The zero-order chi connectivity index (χ0) is 11.6. The summed E-state index contributed by atoms with van der Waals surface area (Å²) in [5.41, 5.74) is 0.00197. The van der Waals surface area contributed by atoms with Crippen molar-refractivity contribution in [3.8, 4) is 0 Å². The molecule has 0 unspecified atom stereocenters. The predicted octanol–water partition coefficient (Wildman–Crippen LogP) is 2.27. The van der Waals surface area contributed by atoms with Crippen LogP contribution < -0.4 is 5.32 Å².